The highest BCUT2D eigenvalue weighted by Crippen LogP contribution is 2.41. The third-order valence-electron chi connectivity index (χ3n) is 7.05. The number of rotatable bonds is 12. The number of hydrogen-bond donors (Lipinski definition) is 0. The average molecular weight is 578 g/mol. The molecule has 0 unspecified atom stereocenters. The fourth-order valence-electron chi connectivity index (χ4n) is 5.02. The number of methoxy groups -OCH3 is 1. The van der Waals surface area contributed by atoms with Crippen molar-refractivity contribution in [3.8, 4) is 22.6 Å². The topological polar surface area (TPSA) is 48.0 Å². The van der Waals surface area contributed by atoms with E-state index in [0.717, 1.165) is 11.1 Å². The van der Waals surface area contributed by atoms with Crippen LogP contribution in [0.1, 0.15) is 49.0 Å². The van der Waals surface area contributed by atoms with Gasteiger partial charge in [0.2, 0.25) is 0 Å². The van der Waals surface area contributed by atoms with Crippen molar-refractivity contribution in [2.24, 2.45) is 0 Å². The summed E-state index contributed by atoms with van der Waals surface area (Å²) in [4.78, 5) is 15.2. The molecule has 0 aromatic heterocycles. The first-order chi connectivity index (χ1) is 20.2. The lowest BCUT2D eigenvalue weighted by atomic mass is 9.93. The van der Waals surface area contributed by atoms with E-state index in [0.29, 0.717) is 23.4 Å². The van der Waals surface area contributed by atoms with Gasteiger partial charge < -0.3 is 14.2 Å². The van der Waals surface area contributed by atoms with Crippen LogP contribution < -0.4 is 9.47 Å². The minimum Gasteiger partial charge on any atom is -0.497 e. The molecule has 42 heavy (non-hydrogen) atoms. The highest BCUT2D eigenvalue weighted by atomic mass is 19.4. The van der Waals surface area contributed by atoms with Gasteiger partial charge in [-0.15, -0.1) is 13.2 Å². The molecule has 0 bridgehead atoms. The van der Waals surface area contributed by atoms with Crippen LogP contribution in [0.25, 0.3) is 11.1 Å². The van der Waals surface area contributed by atoms with Gasteiger partial charge in [-0.2, -0.15) is 0 Å². The van der Waals surface area contributed by atoms with Crippen LogP contribution in [0.5, 0.6) is 11.5 Å². The van der Waals surface area contributed by atoms with Gasteiger partial charge in [-0.05, 0) is 60.4 Å². The van der Waals surface area contributed by atoms with Crippen LogP contribution in [0, 0.1) is 0 Å². The Bertz CT molecular complexity index is 1440. The number of ether oxygens (including phenoxy) is 3. The van der Waals surface area contributed by atoms with Gasteiger partial charge in [-0.25, -0.2) is 0 Å². The predicted molar refractivity (Wildman–Crippen MR) is 156 cm³/mol. The summed E-state index contributed by atoms with van der Waals surface area (Å²) in [5, 5.41) is 0. The van der Waals surface area contributed by atoms with E-state index in [9.17, 15) is 18.0 Å². The number of esters is 1. The molecule has 220 valence electrons. The second kappa shape index (κ2) is 14.0. The van der Waals surface area contributed by atoms with Crippen molar-refractivity contribution in [1.29, 1.82) is 0 Å². The molecule has 5 nitrogen and oxygen atoms in total. The van der Waals surface area contributed by atoms with Crippen molar-refractivity contribution in [2.75, 3.05) is 13.7 Å². The summed E-state index contributed by atoms with van der Waals surface area (Å²) in [6.07, 6.45) is -4.89. The molecule has 4 aromatic rings. The van der Waals surface area contributed by atoms with E-state index in [-0.39, 0.29) is 30.4 Å². The van der Waals surface area contributed by atoms with Gasteiger partial charge in [0.15, 0.2) is 0 Å². The molecule has 0 radical (unpaired) electrons. The van der Waals surface area contributed by atoms with Crippen molar-refractivity contribution >= 4 is 5.97 Å². The van der Waals surface area contributed by atoms with E-state index < -0.39 is 18.4 Å². The molecule has 0 spiro atoms. The molecule has 0 aliphatic rings. The molecule has 0 saturated heterocycles. The Morgan fingerprint density at radius 1 is 0.857 bits per heavy atom. The highest BCUT2D eigenvalue weighted by Gasteiger charge is 2.34. The van der Waals surface area contributed by atoms with E-state index in [1.807, 2.05) is 60.7 Å². The van der Waals surface area contributed by atoms with Gasteiger partial charge in [-0.1, -0.05) is 78.9 Å². The lowest BCUT2D eigenvalue weighted by Crippen LogP contribution is -2.33. The van der Waals surface area contributed by atoms with Gasteiger partial charge in [0.05, 0.1) is 20.1 Å². The Kier molecular flexibility index (Phi) is 10.3. The van der Waals surface area contributed by atoms with E-state index in [1.54, 1.807) is 43.3 Å². The zero-order valence-corrected chi connectivity index (χ0v) is 23.8. The van der Waals surface area contributed by atoms with Crippen LogP contribution in [0.15, 0.2) is 103 Å². The summed E-state index contributed by atoms with van der Waals surface area (Å²) < 4.78 is 55.5. The first-order valence-electron chi connectivity index (χ1n) is 13.7. The Morgan fingerprint density at radius 2 is 1.55 bits per heavy atom. The van der Waals surface area contributed by atoms with Crippen molar-refractivity contribution in [3.63, 3.8) is 0 Å². The maximum absolute atomic E-state index is 13.4. The normalized spacial score (nSPS) is 12.9. The quantitative estimate of drug-likeness (QED) is 0.158. The van der Waals surface area contributed by atoms with Crippen LogP contribution in [0.4, 0.5) is 13.2 Å². The summed E-state index contributed by atoms with van der Waals surface area (Å²) in [6.45, 7) is 4.49. The van der Waals surface area contributed by atoms with Gasteiger partial charge in [-0.3, -0.25) is 9.69 Å². The lowest BCUT2D eigenvalue weighted by Gasteiger charge is -2.37. The number of carbonyl (C=O) groups is 1. The van der Waals surface area contributed by atoms with Gasteiger partial charge in [0.25, 0.3) is 0 Å². The van der Waals surface area contributed by atoms with Crippen LogP contribution in [-0.2, 0) is 16.1 Å². The van der Waals surface area contributed by atoms with Crippen molar-refractivity contribution in [1.82, 2.24) is 4.90 Å². The minimum atomic E-state index is -4.89. The van der Waals surface area contributed by atoms with Gasteiger partial charge in [0.1, 0.15) is 11.5 Å². The molecule has 0 aliphatic carbocycles. The minimum absolute atomic E-state index is 0.00509. The first kappa shape index (κ1) is 30.7. The SMILES string of the molecule is CCOC(=O)C[C@@H](c1ccc(OC(F)(F)F)c(-c2cccc(OC)c2)c1)N(Cc1ccccc1)[C@H](C)c1ccccc1. The molecular formula is C34H34F3NO4. The summed E-state index contributed by atoms with van der Waals surface area (Å²) in [7, 11) is 1.49. The van der Waals surface area contributed by atoms with E-state index in [1.165, 1.54) is 13.2 Å². The standard InChI is InChI=1S/C34H34F3NO4/c1-4-41-33(39)22-31(38(23-25-12-7-5-8-13-25)24(2)26-14-9-6-10-15-26)28-18-19-32(42-34(35,36)37)30(21-28)27-16-11-17-29(20-27)40-3/h5-21,24,31H,4,22-23H2,1-3H3/t24-,31+/m1/s1. The third-order valence-corrected chi connectivity index (χ3v) is 7.05. The van der Waals surface area contributed by atoms with E-state index >= 15 is 0 Å². The Hall–Kier alpha value is -4.30. The maximum Gasteiger partial charge on any atom is 0.573 e. The number of nitrogens with zero attached hydrogens (tertiary/aromatic N) is 1. The lowest BCUT2D eigenvalue weighted by molar-refractivity contribution is -0.274. The van der Waals surface area contributed by atoms with E-state index in [4.69, 9.17) is 9.47 Å². The van der Waals surface area contributed by atoms with Gasteiger partial charge >= 0.3 is 12.3 Å². The third kappa shape index (κ3) is 8.13. The van der Waals surface area contributed by atoms with E-state index in [2.05, 4.69) is 16.6 Å². The molecule has 0 N–H and O–H groups in total. The zero-order chi connectivity index (χ0) is 30.1. The number of alkyl halides is 3. The summed E-state index contributed by atoms with van der Waals surface area (Å²) in [5.41, 5.74) is 3.42. The van der Waals surface area contributed by atoms with Crippen molar-refractivity contribution < 1.29 is 32.2 Å². The Morgan fingerprint density at radius 3 is 2.19 bits per heavy atom. The first-order valence-corrected chi connectivity index (χ1v) is 13.7. The van der Waals surface area contributed by atoms with Gasteiger partial charge in [0, 0.05) is 24.2 Å². The molecule has 0 fully saturated rings. The monoisotopic (exact) mass is 577 g/mol. The summed E-state index contributed by atoms with van der Waals surface area (Å²) >= 11 is 0. The zero-order valence-electron chi connectivity index (χ0n) is 23.8. The summed E-state index contributed by atoms with van der Waals surface area (Å²) in [5.74, 6) is -0.262. The van der Waals surface area contributed by atoms with Crippen LogP contribution >= 0.6 is 0 Å². The predicted octanol–water partition coefficient (Wildman–Crippen LogP) is 8.52. The smallest absolute Gasteiger partial charge is 0.497 e. The molecule has 0 aliphatic heterocycles. The van der Waals surface area contributed by atoms with Crippen molar-refractivity contribution in [2.45, 2.75) is 45.3 Å². The Balaban J connectivity index is 1.88. The number of benzene rings is 4. The largest absolute Gasteiger partial charge is 0.573 e. The van der Waals surface area contributed by atoms with Crippen LogP contribution in [0.3, 0.4) is 0 Å². The maximum atomic E-state index is 13.4. The molecule has 0 saturated carbocycles. The fraction of sp³-hybridized carbons (Fsp3) is 0.265. The molecular weight excluding hydrogens is 543 g/mol. The molecule has 0 amide bonds. The van der Waals surface area contributed by atoms with Crippen molar-refractivity contribution in [3.05, 3.63) is 120 Å². The molecule has 8 heteroatoms. The number of halogens is 3. The Labute approximate surface area is 244 Å². The second-order valence-electron chi connectivity index (χ2n) is 9.80. The molecule has 0 heterocycles. The highest BCUT2D eigenvalue weighted by molar-refractivity contribution is 5.74. The number of hydrogen-bond acceptors (Lipinski definition) is 5. The molecule has 4 aromatic carbocycles. The van der Waals surface area contributed by atoms with Crippen LogP contribution in [0.2, 0.25) is 0 Å². The molecule has 2 atom stereocenters. The number of carbonyl (C=O) groups excluding carboxylic acids is 1. The molecule has 4 rings (SSSR count). The fourth-order valence-corrected chi connectivity index (χ4v) is 5.02. The summed E-state index contributed by atoms with van der Waals surface area (Å²) in [6, 6.07) is 30.4. The average Bonchev–Trinajstić information content (AvgIpc) is 2.99. The van der Waals surface area contributed by atoms with Crippen LogP contribution in [-0.4, -0.2) is 30.9 Å². The second-order valence-corrected chi connectivity index (χ2v) is 9.80.